The lowest BCUT2D eigenvalue weighted by Crippen LogP contribution is -2.15. The Hall–Kier alpha value is -3.72. The lowest BCUT2D eigenvalue weighted by molar-refractivity contribution is -0.113. The van der Waals surface area contributed by atoms with Gasteiger partial charge in [-0.25, -0.2) is 8.78 Å². The van der Waals surface area contributed by atoms with Crippen molar-refractivity contribution in [2.45, 2.75) is 11.8 Å². The number of hydrogen-bond donors (Lipinski definition) is 1. The van der Waals surface area contributed by atoms with Gasteiger partial charge in [-0.15, -0.1) is 10.2 Å². The Bertz CT molecular complexity index is 1180. The Labute approximate surface area is 187 Å². The molecular formula is C23H18F2N4O2S. The first kappa shape index (κ1) is 21.5. The molecule has 4 rings (SSSR count). The van der Waals surface area contributed by atoms with Crippen molar-refractivity contribution in [2.24, 2.45) is 0 Å². The van der Waals surface area contributed by atoms with E-state index < -0.39 is 17.5 Å². The first-order valence-electron chi connectivity index (χ1n) is 9.65. The quantitative estimate of drug-likeness (QED) is 0.387. The largest absolute Gasteiger partial charge is 0.486 e. The fourth-order valence-corrected chi connectivity index (χ4v) is 3.71. The topological polar surface area (TPSA) is 69.0 Å². The Morgan fingerprint density at radius 2 is 1.59 bits per heavy atom. The SMILES string of the molecule is O=C(CSc1nnc(COc2ccccc2)n1-c1ccccc1)Nc1cc(F)cc(F)c1. The third-order valence-corrected chi connectivity index (χ3v) is 5.23. The maximum atomic E-state index is 13.3. The van der Waals surface area contributed by atoms with Crippen LogP contribution in [0, 0.1) is 11.6 Å². The molecule has 3 aromatic carbocycles. The molecule has 1 amide bonds. The number of aromatic nitrogens is 3. The summed E-state index contributed by atoms with van der Waals surface area (Å²) in [6.45, 7) is 0.182. The minimum absolute atomic E-state index is 0.0252. The van der Waals surface area contributed by atoms with E-state index in [2.05, 4.69) is 15.5 Å². The van der Waals surface area contributed by atoms with E-state index in [9.17, 15) is 13.6 Å². The third kappa shape index (κ3) is 5.50. The molecule has 0 saturated heterocycles. The standard InChI is InChI=1S/C23H18F2N4O2S/c24-16-11-17(25)13-18(12-16)26-22(30)15-32-23-28-27-21(14-31-20-9-5-2-6-10-20)29(23)19-7-3-1-4-8-19/h1-13H,14-15H2,(H,26,30). The molecule has 162 valence electrons. The smallest absolute Gasteiger partial charge is 0.234 e. The zero-order valence-electron chi connectivity index (χ0n) is 16.7. The van der Waals surface area contributed by atoms with Crippen molar-refractivity contribution >= 4 is 23.4 Å². The molecule has 9 heteroatoms. The summed E-state index contributed by atoms with van der Waals surface area (Å²) >= 11 is 1.15. The van der Waals surface area contributed by atoms with Crippen LogP contribution in [0.5, 0.6) is 5.75 Å². The Kier molecular flexibility index (Phi) is 6.76. The monoisotopic (exact) mass is 452 g/mol. The number of rotatable bonds is 8. The van der Waals surface area contributed by atoms with Gasteiger partial charge in [-0.2, -0.15) is 0 Å². The number of thioether (sulfide) groups is 1. The minimum atomic E-state index is -0.764. The number of benzene rings is 3. The average Bonchev–Trinajstić information content (AvgIpc) is 3.20. The molecule has 6 nitrogen and oxygen atoms in total. The zero-order valence-corrected chi connectivity index (χ0v) is 17.6. The fourth-order valence-electron chi connectivity index (χ4n) is 2.94. The summed E-state index contributed by atoms with van der Waals surface area (Å²) in [5, 5.41) is 11.4. The number of carbonyl (C=O) groups excluding carboxylic acids is 1. The fraction of sp³-hybridized carbons (Fsp3) is 0.0870. The highest BCUT2D eigenvalue weighted by molar-refractivity contribution is 7.99. The van der Waals surface area contributed by atoms with Crippen molar-refractivity contribution in [2.75, 3.05) is 11.1 Å². The van der Waals surface area contributed by atoms with E-state index in [1.165, 1.54) is 0 Å². The molecule has 1 heterocycles. The lowest BCUT2D eigenvalue weighted by Gasteiger charge is -2.11. The lowest BCUT2D eigenvalue weighted by atomic mass is 10.3. The molecule has 1 N–H and O–H groups in total. The van der Waals surface area contributed by atoms with E-state index >= 15 is 0 Å². The molecule has 0 aliphatic carbocycles. The zero-order chi connectivity index (χ0) is 22.3. The van der Waals surface area contributed by atoms with Gasteiger partial charge in [0.1, 0.15) is 24.0 Å². The maximum Gasteiger partial charge on any atom is 0.234 e. The summed E-state index contributed by atoms with van der Waals surface area (Å²) in [4.78, 5) is 12.3. The van der Waals surface area contributed by atoms with Crippen LogP contribution in [-0.4, -0.2) is 26.4 Å². The first-order valence-corrected chi connectivity index (χ1v) is 10.6. The van der Waals surface area contributed by atoms with Gasteiger partial charge in [-0.1, -0.05) is 48.2 Å². The third-order valence-electron chi connectivity index (χ3n) is 4.30. The van der Waals surface area contributed by atoms with Crippen LogP contribution in [0.15, 0.2) is 84.0 Å². The molecule has 0 aliphatic heterocycles. The Morgan fingerprint density at radius 1 is 0.938 bits per heavy atom. The molecule has 0 radical (unpaired) electrons. The van der Waals surface area contributed by atoms with E-state index in [1.807, 2.05) is 65.2 Å². The molecule has 0 spiro atoms. The Balaban J connectivity index is 1.49. The van der Waals surface area contributed by atoms with Crippen LogP contribution in [0.25, 0.3) is 5.69 Å². The first-order chi connectivity index (χ1) is 15.6. The van der Waals surface area contributed by atoms with Crippen LogP contribution in [0.3, 0.4) is 0 Å². The highest BCUT2D eigenvalue weighted by Gasteiger charge is 2.17. The van der Waals surface area contributed by atoms with Crippen LogP contribution in [0.4, 0.5) is 14.5 Å². The molecule has 0 saturated carbocycles. The summed E-state index contributed by atoms with van der Waals surface area (Å²) in [5.41, 5.74) is 0.869. The van der Waals surface area contributed by atoms with Gasteiger partial charge in [0, 0.05) is 17.4 Å². The molecule has 0 unspecified atom stereocenters. The molecule has 32 heavy (non-hydrogen) atoms. The van der Waals surface area contributed by atoms with Gasteiger partial charge in [-0.3, -0.25) is 9.36 Å². The average molecular weight is 452 g/mol. The maximum absolute atomic E-state index is 13.3. The number of amides is 1. The van der Waals surface area contributed by atoms with Gasteiger partial charge in [0.15, 0.2) is 11.0 Å². The predicted molar refractivity (Wildman–Crippen MR) is 118 cm³/mol. The van der Waals surface area contributed by atoms with Gasteiger partial charge in [0.2, 0.25) is 5.91 Å². The second-order valence-electron chi connectivity index (χ2n) is 6.67. The minimum Gasteiger partial charge on any atom is -0.486 e. The number of para-hydroxylation sites is 2. The van der Waals surface area contributed by atoms with Gasteiger partial charge in [0.25, 0.3) is 0 Å². The second-order valence-corrected chi connectivity index (χ2v) is 7.61. The molecule has 0 bridgehead atoms. The number of halogens is 2. The van der Waals surface area contributed by atoms with E-state index in [4.69, 9.17) is 4.74 Å². The number of nitrogens with one attached hydrogen (secondary N) is 1. The molecule has 0 fully saturated rings. The number of nitrogens with zero attached hydrogens (tertiary/aromatic N) is 3. The van der Waals surface area contributed by atoms with Crippen molar-refractivity contribution in [1.29, 1.82) is 0 Å². The van der Waals surface area contributed by atoms with E-state index in [0.717, 1.165) is 35.6 Å². The molecular weight excluding hydrogens is 434 g/mol. The van der Waals surface area contributed by atoms with Crippen molar-refractivity contribution < 1.29 is 18.3 Å². The van der Waals surface area contributed by atoms with Crippen molar-refractivity contribution in [3.63, 3.8) is 0 Å². The van der Waals surface area contributed by atoms with Gasteiger partial charge >= 0.3 is 0 Å². The van der Waals surface area contributed by atoms with Gasteiger partial charge < -0.3 is 10.1 Å². The molecule has 0 atom stereocenters. The van der Waals surface area contributed by atoms with Gasteiger partial charge in [0.05, 0.1) is 5.75 Å². The second kappa shape index (κ2) is 10.1. The van der Waals surface area contributed by atoms with Crippen molar-refractivity contribution in [1.82, 2.24) is 14.8 Å². The predicted octanol–water partition coefficient (Wildman–Crippen LogP) is 4.86. The van der Waals surface area contributed by atoms with E-state index in [-0.39, 0.29) is 18.0 Å². The van der Waals surface area contributed by atoms with Gasteiger partial charge in [-0.05, 0) is 36.4 Å². The summed E-state index contributed by atoms with van der Waals surface area (Å²) in [6, 6.07) is 21.7. The van der Waals surface area contributed by atoms with Crippen molar-refractivity contribution in [3.8, 4) is 11.4 Å². The van der Waals surface area contributed by atoms with E-state index in [1.54, 1.807) is 0 Å². The number of carbonyl (C=O) groups is 1. The van der Waals surface area contributed by atoms with Crippen LogP contribution in [-0.2, 0) is 11.4 Å². The molecule has 0 aliphatic rings. The number of ether oxygens (including phenoxy) is 1. The highest BCUT2D eigenvalue weighted by Crippen LogP contribution is 2.23. The number of hydrogen-bond acceptors (Lipinski definition) is 5. The van der Waals surface area contributed by atoms with Crippen LogP contribution in [0.1, 0.15) is 5.82 Å². The highest BCUT2D eigenvalue weighted by atomic mass is 32.2. The molecule has 1 aromatic heterocycles. The Morgan fingerprint density at radius 3 is 2.28 bits per heavy atom. The summed E-state index contributed by atoms with van der Waals surface area (Å²) < 4.78 is 34.3. The summed E-state index contributed by atoms with van der Waals surface area (Å²) in [7, 11) is 0. The molecule has 4 aromatic rings. The van der Waals surface area contributed by atoms with E-state index in [0.29, 0.717) is 16.7 Å². The van der Waals surface area contributed by atoms with Crippen LogP contribution in [0.2, 0.25) is 0 Å². The normalized spacial score (nSPS) is 10.7. The number of anilines is 1. The van der Waals surface area contributed by atoms with Crippen molar-refractivity contribution in [3.05, 3.63) is 96.3 Å². The van der Waals surface area contributed by atoms with Crippen LogP contribution >= 0.6 is 11.8 Å². The summed E-state index contributed by atoms with van der Waals surface area (Å²) in [6.07, 6.45) is 0. The van der Waals surface area contributed by atoms with Crippen LogP contribution < -0.4 is 10.1 Å². The summed E-state index contributed by atoms with van der Waals surface area (Å²) in [5.74, 6) is -0.714.